The zero-order valence-electron chi connectivity index (χ0n) is 12.3. The van der Waals surface area contributed by atoms with Crippen LogP contribution < -0.4 is 5.32 Å². The second-order valence-corrected chi connectivity index (χ2v) is 6.06. The van der Waals surface area contributed by atoms with Crippen LogP contribution in [0.2, 0.25) is 0 Å². The van der Waals surface area contributed by atoms with E-state index >= 15 is 0 Å². The summed E-state index contributed by atoms with van der Waals surface area (Å²) in [5.41, 5.74) is 2.72. The molecule has 1 aromatic carbocycles. The summed E-state index contributed by atoms with van der Waals surface area (Å²) in [5, 5.41) is 3.56. The molecule has 0 aliphatic carbocycles. The van der Waals surface area contributed by atoms with E-state index in [2.05, 4.69) is 82.4 Å². The molecule has 1 aromatic heterocycles. The van der Waals surface area contributed by atoms with Crippen molar-refractivity contribution in [3.63, 3.8) is 0 Å². The molecule has 1 atom stereocenters. The van der Waals surface area contributed by atoms with Crippen molar-refractivity contribution in [2.45, 2.75) is 39.3 Å². The Hall–Kier alpha value is -1.06. The van der Waals surface area contributed by atoms with Crippen molar-refractivity contribution >= 4 is 15.9 Å². The van der Waals surface area contributed by atoms with Crippen LogP contribution in [0.3, 0.4) is 0 Å². The van der Waals surface area contributed by atoms with Gasteiger partial charge in [-0.3, -0.25) is 0 Å². The first-order chi connectivity index (χ1) is 9.72. The molecule has 2 rings (SSSR count). The maximum absolute atomic E-state index is 3.56. The summed E-state index contributed by atoms with van der Waals surface area (Å²) in [5.74, 6) is 0. The lowest BCUT2D eigenvalue weighted by molar-refractivity contribution is 0.508. The van der Waals surface area contributed by atoms with Gasteiger partial charge in [-0.05, 0) is 42.3 Å². The molecule has 1 unspecified atom stereocenters. The minimum Gasteiger partial charge on any atom is -0.350 e. The van der Waals surface area contributed by atoms with E-state index in [9.17, 15) is 0 Å². The lowest BCUT2D eigenvalue weighted by Crippen LogP contribution is -2.20. The van der Waals surface area contributed by atoms with Gasteiger partial charge in [0.25, 0.3) is 0 Å². The van der Waals surface area contributed by atoms with Crippen molar-refractivity contribution in [1.82, 2.24) is 9.88 Å². The van der Waals surface area contributed by atoms with E-state index in [1.165, 1.54) is 24.0 Å². The quantitative estimate of drug-likeness (QED) is 0.773. The van der Waals surface area contributed by atoms with Gasteiger partial charge in [0.1, 0.15) is 0 Å². The van der Waals surface area contributed by atoms with Crippen molar-refractivity contribution < 1.29 is 0 Å². The molecule has 0 radical (unpaired) electrons. The molecule has 0 spiro atoms. The van der Waals surface area contributed by atoms with Gasteiger partial charge in [-0.2, -0.15) is 0 Å². The average molecular weight is 335 g/mol. The lowest BCUT2D eigenvalue weighted by atomic mass is 10.1. The molecule has 0 saturated heterocycles. The second-order valence-electron chi connectivity index (χ2n) is 5.14. The second kappa shape index (κ2) is 7.65. The van der Waals surface area contributed by atoms with Crippen LogP contribution in [0.15, 0.2) is 47.2 Å². The lowest BCUT2D eigenvalue weighted by Gasteiger charge is -2.15. The first kappa shape index (κ1) is 15.3. The Morgan fingerprint density at radius 3 is 2.55 bits per heavy atom. The third-order valence-corrected chi connectivity index (χ3v) is 4.01. The summed E-state index contributed by atoms with van der Waals surface area (Å²) in [6.07, 6.45) is 6.84. The number of aromatic nitrogens is 1. The van der Waals surface area contributed by atoms with Crippen molar-refractivity contribution in [2.24, 2.45) is 0 Å². The molecule has 2 aromatic rings. The molecular weight excluding hydrogens is 312 g/mol. The van der Waals surface area contributed by atoms with Crippen molar-refractivity contribution in [3.05, 3.63) is 58.3 Å². The normalized spacial score (nSPS) is 12.6. The van der Waals surface area contributed by atoms with Gasteiger partial charge in [-0.1, -0.05) is 48.3 Å². The largest absolute Gasteiger partial charge is 0.350 e. The number of nitrogens with zero attached hydrogens (tertiary/aromatic N) is 1. The molecule has 20 heavy (non-hydrogen) atoms. The molecule has 0 fully saturated rings. The van der Waals surface area contributed by atoms with E-state index in [1.54, 1.807) is 0 Å². The van der Waals surface area contributed by atoms with Crippen molar-refractivity contribution in [3.8, 4) is 0 Å². The molecule has 0 amide bonds. The number of hydrogen-bond acceptors (Lipinski definition) is 1. The van der Waals surface area contributed by atoms with Gasteiger partial charge in [-0.15, -0.1) is 0 Å². The van der Waals surface area contributed by atoms with Gasteiger partial charge < -0.3 is 9.88 Å². The van der Waals surface area contributed by atoms with Gasteiger partial charge in [0.05, 0.1) is 0 Å². The van der Waals surface area contributed by atoms with Crippen LogP contribution in [0, 0.1) is 0 Å². The topological polar surface area (TPSA) is 17.0 Å². The van der Waals surface area contributed by atoms with E-state index in [0.29, 0.717) is 6.04 Å². The Balaban J connectivity index is 2.05. The van der Waals surface area contributed by atoms with Gasteiger partial charge in [-0.25, -0.2) is 0 Å². The SMILES string of the molecule is CCCC(NCC)c1ccn(Cc2ccc(Br)cc2)c1. The molecule has 108 valence electrons. The summed E-state index contributed by atoms with van der Waals surface area (Å²) in [4.78, 5) is 0. The number of halogens is 1. The summed E-state index contributed by atoms with van der Waals surface area (Å²) in [6, 6.07) is 11.2. The predicted octanol–water partition coefficient (Wildman–Crippen LogP) is 4.75. The Kier molecular flexibility index (Phi) is 5.86. The molecule has 0 bridgehead atoms. The van der Waals surface area contributed by atoms with Crippen LogP contribution in [0.1, 0.15) is 43.9 Å². The van der Waals surface area contributed by atoms with Gasteiger partial charge in [0.15, 0.2) is 0 Å². The predicted molar refractivity (Wildman–Crippen MR) is 89.0 cm³/mol. The summed E-state index contributed by atoms with van der Waals surface area (Å²) in [6.45, 7) is 6.35. The number of benzene rings is 1. The molecule has 0 aliphatic heterocycles. The number of hydrogen-bond donors (Lipinski definition) is 1. The van der Waals surface area contributed by atoms with Crippen LogP contribution in [0.4, 0.5) is 0 Å². The maximum atomic E-state index is 3.56. The van der Waals surface area contributed by atoms with Gasteiger partial charge >= 0.3 is 0 Å². The molecule has 2 nitrogen and oxygen atoms in total. The van der Waals surface area contributed by atoms with E-state index < -0.39 is 0 Å². The molecule has 1 N–H and O–H groups in total. The number of nitrogens with one attached hydrogen (secondary N) is 1. The highest BCUT2D eigenvalue weighted by Crippen LogP contribution is 2.19. The van der Waals surface area contributed by atoms with Crippen molar-refractivity contribution in [1.29, 1.82) is 0 Å². The Morgan fingerprint density at radius 1 is 1.15 bits per heavy atom. The minimum atomic E-state index is 0.483. The average Bonchev–Trinajstić information content (AvgIpc) is 2.90. The first-order valence-corrected chi connectivity index (χ1v) is 8.15. The highest BCUT2D eigenvalue weighted by Gasteiger charge is 2.10. The third-order valence-electron chi connectivity index (χ3n) is 3.48. The maximum Gasteiger partial charge on any atom is 0.0470 e. The third kappa shape index (κ3) is 4.22. The zero-order valence-corrected chi connectivity index (χ0v) is 13.9. The fraction of sp³-hybridized carbons (Fsp3) is 0.412. The molecular formula is C17H23BrN2. The van der Waals surface area contributed by atoms with Crippen LogP contribution in [-0.2, 0) is 6.54 Å². The monoisotopic (exact) mass is 334 g/mol. The molecule has 0 aliphatic rings. The standard InChI is InChI=1S/C17H23BrN2/c1-3-5-17(19-4-2)15-10-11-20(13-15)12-14-6-8-16(18)9-7-14/h6-11,13,17,19H,3-5,12H2,1-2H3. The molecule has 0 saturated carbocycles. The van der Waals surface area contributed by atoms with Crippen molar-refractivity contribution in [2.75, 3.05) is 6.54 Å². The Bertz CT molecular complexity index is 510. The van der Waals surface area contributed by atoms with Gasteiger partial charge in [0.2, 0.25) is 0 Å². The van der Waals surface area contributed by atoms with E-state index in [4.69, 9.17) is 0 Å². The Morgan fingerprint density at radius 2 is 1.90 bits per heavy atom. The smallest absolute Gasteiger partial charge is 0.0470 e. The van der Waals surface area contributed by atoms with Crippen LogP contribution >= 0.6 is 15.9 Å². The van der Waals surface area contributed by atoms with Crippen LogP contribution in [-0.4, -0.2) is 11.1 Å². The first-order valence-electron chi connectivity index (χ1n) is 7.36. The molecule has 1 heterocycles. The fourth-order valence-corrected chi connectivity index (χ4v) is 2.75. The van der Waals surface area contributed by atoms with Gasteiger partial charge in [0, 0.05) is 29.5 Å². The highest BCUT2D eigenvalue weighted by molar-refractivity contribution is 9.10. The summed E-state index contributed by atoms with van der Waals surface area (Å²) in [7, 11) is 0. The minimum absolute atomic E-state index is 0.483. The number of rotatable bonds is 7. The molecule has 3 heteroatoms. The van der Waals surface area contributed by atoms with Crippen LogP contribution in [0.25, 0.3) is 0 Å². The van der Waals surface area contributed by atoms with Crippen LogP contribution in [0.5, 0.6) is 0 Å². The van der Waals surface area contributed by atoms with E-state index in [1.807, 2.05) is 0 Å². The fourth-order valence-electron chi connectivity index (χ4n) is 2.49. The van der Waals surface area contributed by atoms with E-state index in [-0.39, 0.29) is 0 Å². The summed E-state index contributed by atoms with van der Waals surface area (Å²) < 4.78 is 3.39. The summed E-state index contributed by atoms with van der Waals surface area (Å²) >= 11 is 3.47. The van der Waals surface area contributed by atoms with E-state index in [0.717, 1.165) is 17.6 Å². The zero-order chi connectivity index (χ0) is 14.4. The Labute approximate surface area is 130 Å². The highest BCUT2D eigenvalue weighted by atomic mass is 79.9.